The number of carboxylic acids is 2. The summed E-state index contributed by atoms with van der Waals surface area (Å²) in [5.74, 6) is -4.31. The Morgan fingerprint density at radius 3 is 1.95 bits per heavy atom. The molecule has 4 rings (SSSR count). The van der Waals surface area contributed by atoms with Crippen molar-refractivity contribution in [3.63, 3.8) is 0 Å². The van der Waals surface area contributed by atoms with Gasteiger partial charge in [-0.3, -0.25) is 4.90 Å². The number of aliphatic carboxylic acids is 2. The first-order valence-electron chi connectivity index (χ1n) is 12.1. The van der Waals surface area contributed by atoms with Gasteiger partial charge in [0.15, 0.2) is 0 Å². The lowest BCUT2D eigenvalue weighted by Gasteiger charge is -2.30. The van der Waals surface area contributed by atoms with Crippen LogP contribution in [0.3, 0.4) is 0 Å². The van der Waals surface area contributed by atoms with Crippen molar-refractivity contribution in [3.8, 4) is 0 Å². The molecular formula is C24H31F7N2O6. The summed E-state index contributed by atoms with van der Waals surface area (Å²) in [7, 11) is 0. The van der Waals surface area contributed by atoms with Crippen molar-refractivity contribution in [2.75, 3.05) is 52.5 Å². The lowest BCUT2D eigenvalue weighted by molar-refractivity contribution is -0.193. The van der Waals surface area contributed by atoms with Crippen molar-refractivity contribution in [2.45, 2.75) is 37.8 Å². The minimum absolute atomic E-state index is 0.100. The van der Waals surface area contributed by atoms with Crippen molar-refractivity contribution in [1.82, 2.24) is 9.80 Å². The molecule has 0 saturated carbocycles. The van der Waals surface area contributed by atoms with Crippen LogP contribution in [0.1, 0.15) is 18.4 Å². The Hall–Kier alpha value is -2.49. The molecule has 3 saturated heterocycles. The summed E-state index contributed by atoms with van der Waals surface area (Å²) >= 11 is 0. The molecule has 0 aliphatic carbocycles. The quantitative estimate of drug-likeness (QED) is 0.525. The second kappa shape index (κ2) is 14.8. The molecule has 2 N–H and O–H groups in total. The van der Waals surface area contributed by atoms with Crippen LogP contribution in [-0.4, -0.2) is 103 Å². The highest BCUT2D eigenvalue weighted by Crippen LogP contribution is 2.27. The van der Waals surface area contributed by atoms with Gasteiger partial charge in [-0.05, 0) is 24.8 Å². The van der Waals surface area contributed by atoms with Gasteiger partial charge in [0.1, 0.15) is 5.82 Å². The first kappa shape index (κ1) is 32.7. The van der Waals surface area contributed by atoms with E-state index in [2.05, 4.69) is 9.80 Å². The lowest BCUT2D eigenvalue weighted by Crippen LogP contribution is -2.37. The molecule has 3 aliphatic rings. The Balaban J connectivity index is 0.000000317. The van der Waals surface area contributed by atoms with Gasteiger partial charge in [-0.1, -0.05) is 18.2 Å². The van der Waals surface area contributed by atoms with E-state index >= 15 is 0 Å². The fourth-order valence-electron chi connectivity index (χ4n) is 4.50. The van der Waals surface area contributed by atoms with Crippen LogP contribution < -0.4 is 0 Å². The van der Waals surface area contributed by atoms with Crippen LogP contribution in [0.25, 0.3) is 0 Å². The van der Waals surface area contributed by atoms with Crippen LogP contribution >= 0.6 is 0 Å². The fraction of sp³-hybridized carbons (Fsp3) is 0.667. The standard InChI is InChI=1S/C20H29FN2O2.2C2HF3O2/c21-19-4-2-1-3-17(19)12-23-14-18-13-22(7-10-25-20(18)15-23)11-16-5-8-24-9-6-16;2*3-2(4,5)1(6)7/h1-4,16,18,20H,5-15H2;2*(H,6,7)/t18-,20+;;/m0../s1. The number of fused-ring (bicyclic) bond motifs is 1. The highest BCUT2D eigenvalue weighted by molar-refractivity contribution is 5.73. The number of ether oxygens (including phenoxy) is 2. The maximum Gasteiger partial charge on any atom is 0.490 e. The highest BCUT2D eigenvalue weighted by Gasteiger charge is 2.39. The normalized spacial score (nSPS) is 22.9. The van der Waals surface area contributed by atoms with E-state index in [0.29, 0.717) is 18.6 Å². The van der Waals surface area contributed by atoms with E-state index in [4.69, 9.17) is 29.3 Å². The van der Waals surface area contributed by atoms with Gasteiger partial charge in [0.05, 0.1) is 12.7 Å². The third kappa shape index (κ3) is 11.6. The number of nitrogens with zero attached hydrogens (tertiary/aromatic N) is 2. The van der Waals surface area contributed by atoms with Gasteiger partial charge in [0.25, 0.3) is 0 Å². The van der Waals surface area contributed by atoms with E-state index in [1.165, 1.54) is 19.4 Å². The molecule has 1 aromatic rings. The van der Waals surface area contributed by atoms with Crippen molar-refractivity contribution in [1.29, 1.82) is 0 Å². The van der Waals surface area contributed by atoms with Crippen LogP contribution in [0.2, 0.25) is 0 Å². The Bertz CT molecular complexity index is 901. The average Bonchev–Trinajstić information content (AvgIpc) is 3.11. The molecule has 1 aromatic carbocycles. The number of likely N-dealkylation sites (tertiary alicyclic amines) is 1. The molecule has 0 unspecified atom stereocenters. The van der Waals surface area contributed by atoms with E-state index in [1.54, 1.807) is 12.1 Å². The molecule has 0 radical (unpaired) electrons. The summed E-state index contributed by atoms with van der Waals surface area (Å²) in [6, 6.07) is 7.11. The van der Waals surface area contributed by atoms with Gasteiger partial charge in [-0.25, -0.2) is 14.0 Å². The molecule has 39 heavy (non-hydrogen) atoms. The van der Waals surface area contributed by atoms with Crippen molar-refractivity contribution in [3.05, 3.63) is 35.6 Å². The van der Waals surface area contributed by atoms with E-state index in [1.807, 2.05) is 12.1 Å². The van der Waals surface area contributed by atoms with Crippen molar-refractivity contribution in [2.24, 2.45) is 11.8 Å². The molecule has 222 valence electrons. The average molecular weight is 577 g/mol. The molecule has 15 heteroatoms. The van der Waals surface area contributed by atoms with Crippen LogP contribution in [0.15, 0.2) is 24.3 Å². The number of carbonyl (C=O) groups is 2. The second-order valence-corrected chi connectivity index (χ2v) is 9.38. The van der Waals surface area contributed by atoms with Gasteiger partial charge < -0.3 is 24.6 Å². The number of hydrogen-bond donors (Lipinski definition) is 2. The molecule has 3 aliphatic heterocycles. The summed E-state index contributed by atoms with van der Waals surface area (Å²) in [6.45, 7) is 8.57. The summed E-state index contributed by atoms with van der Waals surface area (Å²) in [5.41, 5.74) is 0.790. The van der Waals surface area contributed by atoms with Gasteiger partial charge in [0.2, 0.25) is 0 Å². The SMILES string of the molecule is Fc1ccccc1CN1C[C@@H]2CN(CC3CCOCC3)CCO[C@@H]2C1.O=C(O)C(F)(F)F.O=C(O)C(F)(F)F. The molecule has 3 heterocycles. The Morgan fingerprint density at radius 1 is 0.872 bits per heavy atom. The van der Waals surface area contributed by atoms with E-state index < -0.39 is 24.3 Å². The zero-order chi connectivity index (χ0) is 29.2. The Morgan fingerprint density at radius 2 is 1.41 bits per heavy atom. The maximum absolute atomic E-state index is 13.9. The smallest absolute Gasteiger partial charge is 0.475 e. The summed E-state index contributed by atoms with van der Waals surface area (Å²) < 4.78 is 89.0. The first-order chi connectivity index (χ1) is 18.2. The highest BCUT2D eigenvalue weighted by atomic mass is 19.4. The number of carboxylic acid groups (broad SMARTS) is 2. The third-order valence-electron chi connectivity index (χ3n) is 6.38. The molecular weight excluding hydrogens is 545 g/mol. The van der Waals surface area contributed by atoms with E-state index in [-0.39, 0.29) is 5.82 Å². The monoisotopic (exact) mass is 576 g/mol. The van der Waals surface area contributed by atoms with Crippen LogP contribution in [0.4, 0.5) is 30.7 Å². The molecule has 2 atom stereocenters. The Labute approximate surface area is 220 Å². The zero-order valence-electron chi connectivity index (χ0n) is 20.9. The topological polar surface area (TPSA) is 99.5 Å². The second-order valence-electron chi connectivity index (χ2n) is 9.38. The van der Waals surface area contributed by atoms with Crippen LogP contribution in [0, 0.1) is 17.7 Å². The summed E-state index contributed by atoms with van der Waals surface area (Å²) in [6.07, 6.45) is -7.50. The fourth-order valence-corrected chi connectivity index (χ4v) is 4.50. The number of halogens is 7. The van der Waals surface area contributed by atoms with Crippen LogP contribution in [-0.2, 0) is 25.6 Å². The van der Waals surface area contributed by atoms with E-state index in [9.17, 15) is 30.7 Å². The lowest BCUT2D eigenvalue weighted by atomic mass is 9.98. The molecule has 0 amide bonds. The predicted octanol–water partition coefficient (Wildman–Crippen LogP) is 3.65. The molecule has 0 bridgehead atoms. The van der Waals surface area contributed by atoms with Crippen molar-refractivity contribution < 1.29 is 60.0 Å². The predicted molar refractivity (Wildman–Crippen MR) is 122 cm³/mol. The zero-order valence-corrected chi connectivity index (χ0v) is 20.9. The first-order valence-corrected chi connectivity index (χ1v) is 12.1. The molecule has 8 nitrogen and oxygen atoms in total. The van der Waals surface area contributed by atoms with Crippen LogP contribution in [0.5, 0.6) is 0 Å². The summed E-state index contributed by atoms with van der Waals surface area (Å²) in [4.78, 5) is 22.7. The van der Waals surface area contributed by atoms with Gasteiger partial charge in [-0.15, -0.1) is 0 Å². The van der Waals surface area contributed by atoms with Gasteiger partial charge in [0, 0.05) is 64.0 Å². The molecule has 3 fully saturated rings. The largest absolute Gasteiger partial charge is 0.490 e. The number of rotatable bonds is 4. The third-order valence-corrected chi connectivity index (χ3v) is 6.38. The van der Waals surface area contributed by atoms with Crippen molar-refractivity contribution >= 4 is 11.9 Å². The summed E-state index contributed by atoms with van der Waals surface area (Å²) in [5, 5.41) is 14.2. The van der Waals surface area contributed by atoms with E-state index in [0.717, 1.165) is 57.5 Å². The number of alkyl halides is 6. The Kier molecular flexibility index (Phi) is 12.4. The molecule has 0 spiro atoms. The maximum atomic E-state index is 13.9. The van der Waals surface area contributed by atoms with Gasteiger partial charge >= 0.3 is 24.3 Å². The molecule has 0 aromatic heterocycles. The number of hydrogen-bond acceptors (Lipinski definition) is 6. The minimum Gasteiger partial charge on any atom is -0.475 e. The minimum atomic E-state index is -5.08. The van der Waals surface area contributed by atoms with Gasteiger partial charge in [-0.2, -0.15) is 26.3 Å². The number of benzene rings is 1.